The summed E-state index contributed by atoms with van der Waals surface area (Å²) in [6, 6.07) is 12.2. The van der Waals surface area contributed by atoms with Crippen LogP contribution >= 0.6 is 0 Å². The minimum Gasteiger partial charge on any atom is -0.383 e. The van der Waals surface area contributed by atoms with Gasteiger partial charge in [-0.3, -0.25) is 4.79 Å². The number of amides is 2. The number of urea groups is 1. The van der Waals surface area contributed by atoms with Gasteiger partial charge in [0.25, 0.3) is 0 Å². The number of carbonyl (C=O) groups excluding carboxylic acids is 2. The summed E-state index contributed by atoms with van der Waals surface area (Å²) in [5.41, 5.74) is 10.9. The predicted molar refractivity (Wildman–Crippen MR) is 131 cm³/mol. The number of nitrogen functional groups attached to an aromatic ring is 1. The molecule has 168 valence electrons. The average Bonchev–Trinajstić information content (AvgIpc) is 3.18. The molecule has 4 rings (SSSR count). The molecule has 4 aromatic rings. The molecule has 0 bridgehead atoms. The van der Waals surface area contributed by atoms with Gasteiger partial charge < -0.3 is 20.9 Å². The van der Waals surface area contributed by atoms with Crippen molar-refractivity contribution < 1.29 is 9.59 Å². The first-order chi connectivity index (χ1) is 15.8. The molecule has 0 atom stereocenters. The van der Waals surface area contributed by atoms with E-state index in [2.05, 4.69) is 20.6 Å². The second kappa shape index (κ2) is 8.74. The van der Waals surface area contributed by atoms with Crippen LogP contribution in [0.25, 0.3) is 11.0 Å². The molecule has 4 N–H and O–H groups in total. The number of aryl methyl sites for hydroxylation is 1. The second-order valence-electron chi connectivity index (χ2n) is 8.24. The zero-order valence-electron chi connectivity index (χ0n) is 19.0. The fourth-order valence-electron chi connectivity index (χ4n) is 3.74. The van der Waals surface area contributed by atoms with Gasteiger partial charge in [0, 0.05) is 29.2 Å². The first-order valence-electron chi connectivity index (χ1n) is 10.7. The lowest BCUT2D eigenvalue weighted by Crippen LogP contribution is -2.20. The monoisotopic (exact) mass is 442 g/mol. The Bertz CT molecular complexity index is 1370. The Morgan fingerprint density at radius 1 is 1.03 bits per heavy atom. The quantitative estimate of drug-likeness (QED) is 0.373. The molecule has 2 aromatic heterocycles. The van der Waals surface area contributed by atoms with Crippen LogP contribution in [0, 0.1) is 13.8 Å². The lowest BCUT2D eigenvalue weighted by atomic mass is 10.0. The Morgan fingerprint density at radius 3 is 2.55 bits per heavy atom. The highest BCUT2D eigenvalue weighted by Crippen LogP contribution is 2.29. The lowest BCUT2D eigenvalue weighted by molar-refractivity contribution is 0.104. The summed E-state index contributed by atoms with van der Waals surface area (Å²) in [5.74, 6) is 0.0319. The summed E-state index contributed by atoms with van der Waals surface area (Å²) in [5, 5.41) is 6.18. The lowest BCUT2D eigenvalue weighted by Gasteiger charge is -2.12. The van der Waals surface area contributed by atoms with Crippen molar-refractivity contribution in [3.8, 4) is 0 Å². The van der Waals surface area contributed by atoms with Crippen LogP contribution in [-0.4, -0.2) is 26.3 Å². The largest absolute Gasteiger partial charge is 0.383 e. The van der Waals surface area contributed by atoms with Gasteiger partial charge in [-0.1, -0.05) is 24.3 Å². The van der Waals surface area contributed by atoms with Gasteiger partial charge in [0.05, 0.1) is 10.9 Å². The van der Waals surface area contributed by atoms with Gasteiger partial charge in [0.15, 0.2) is 5.78 Å². The second-order valence-corrected chi connectivity index (χ2v) is 8.24. The van der Waals surface area contributed by atoms with Crippen molar-refractivity contribution in [2.45, 2.75) is 33.7 Å². The summed E-state index contributed by atoms with van der Waals surface area (Å²) in [6.45, 7) is 7.95. The number of nitrogens with one attached hydrogen (secondary N) is 2. The van der Waals surface area contributed by atoms with Gasteiger partial charge in [-0.2, -0.15) is 0 Å². The number of hydrogen-bond acceptors (Lipinski definition) is 5. The molecule has 0 aliphatic rings. The third kappa shape index (κ3) is 4.27. The molecule has 0 radical (unpaired) electrons. The Balaban J connectivity index is 1.61. The van der Waals surface area contributed by atoms with E-state index in [1.165, 1.54) is 6.33 Å². The summed E-state index contributed by atoms with van der Waals surface area (Å²) in [7, 11) is 0. The van der Waals surface area contributed by atoms with Crippen LogP contribution in [0.15, 0.2) is 55.0 Å². The summed E-state index contributed by atoms with van der Waals surface area (Å²) in [4.78, 5) is 34.3. The third-order valence-electron chi connectivity index (χ3n) is 5.68. The summed E-state index contributed by atoms with van der Waals surface area (Å²) in [6.07, 6.45) is 3.15. The maximum Gasteiger partial charge on any atom is 0.323 e. The van der Waals surface area contributed by atoms with E-state index in [-0.39, 0.29) is 23.7 Å². The van der Waals surface area contributed by atoms with E-state index >= 15 is 0 Å². The molecule has 0 unspecified atom stereocenters. The normalized spacial score (nSPS) is 11.1. The first-order valence-corrected chi connectivity index (χ1v) is 10.7. The molecule has 8 heteroatoms. The molecule has 0 aliphatic carbocycles. The van der Waals surface area contributed by atoms with Crippen LogP contribution in [0.5, 0.6) is 0 Å². The van der Waals surface area contributed by atoms with Crippen LogP contribution < -0.4 is 16.4 Å². The molecule has 0 fully saturated rings. The maximum absolute atomic E-state index is 13.4. The molecule has 2 aromatic carbocycles. The van der Waals surface area contributed by atoms with Crippen LogP contribution in [0.4, 0.5) is 22.0 Å². The van der Waals surface area contributed by atoms with Gasteiger partial charge >= 0.3 is 6.03 Å². The van der Waals surface area contributed by atoms with Gasteiger partial charge in [-0.05, 0) is 57.0 Å². The number of ketones is 1. The standard InChI is InChI=1S/C25H26N6O2/c1-14(2)31-12-19(21-23(26)27-13-28-24(21)31)22(32)17-8-6-9-18(11-17)29-25(33)30-20-10-5-7-15(3)16(20)4/h5-14H,1-4H3,(H2,26,27,28)(H2,29,30,33). The molecule has 2 heterocycles. The van der Waals surface area contributed by atoms with Gasteiger partial charge in [0.1, 0.15) is 17.8 Å². The Kier molecular flexibility index (Phi) is 5.83. The number of carbonyl (C=O) groups is 2. The Morgan fingerprint density at radius 2 is 1.79 bits per heavy atom. The van der Waals surface area contributed by atoms with Crippen LogP contribution in [0.2, 0.25) is 0 Å². The van der Waals surface area contributed by atoms with E-state index < -0.39 is 0 Å². The molecule has 0 spiro atoms. The summed E-state index contributed by atoms with van der Waals surface area (Å²) >= 11 is 0. The topological polar surface area (TPSA) is 115 Å². The maximum atomic E-state index is 13.4. The highest BCUT2D eigenvalue weighted by Gasteiger charge is 2.21. The molecule has 33 heavy (non-hydrogen) atoms. The average molecular weight is 443 g/mol. The number of rotatable bonds is 5. The highest BCUT2D eigenvalue weighted by molar-refractivity contribution is 6.18. The first kappa shape index (κ1) is 22.0. The highest BCUT2D eigenvalue weighted by atomic mass is 16.2. The van der Waals surface area contributed by atoms with E-state index in [1.54, 1.807) is 30.5 Å². The van der Waals surface area contributed by atoms with Crippen molar-refractivity contribution in [1.82, 2.24) is 14.5 Å². The third-order valence-corrected chi connectivity index (χ3v) is 5.68. The number of benzene rings is 2. The molecular weight excluding hydrogens is 416 g/mol. The van der Waals surface area contributed by atoms with E-state index in [0.29, 0.717) is 27.8 Å². The predicted octanol–water partition coefficient (Wildman–Crippen LogP) is 5.09. The molecule has 0 aliphatic heterocycles. The fourth-order valence-corrected chi connectivity index (χ4v) is 3.74. The smallest absolute Gasteiger partial charge is 0.323 e. The minimum absolute atomic E-state index is 0.0881. The summed E-state index contributed by atoms with van der Waals surface area (Å²) < 4.78 is 1.90. The van der Waals surface area contributed by atoms with E-state index in [4.69, 9.17) is 5.73 Å². The number of nitrogens with zero attached hydrogens (tertiary/aromatic N) is 3. The van der Waals surface area contributed by atoms with Crippen LogP contribution in [0.3, 0.4) is 0 Å². The zero-order chi connectivity index (χ0) is 23.7. The Hall–Kier alpha value is -4.20. The number of aromatic nitrogens is 3. The van der Waals surface area contributed by atoms with Crippen molar-refractivity contribution in [3.63, 3.8) is 0 Å². The zero-order valence-corrected chi connectivity index (χ0v) is 19.0. The molecule has 2 amide bonds. The van der Waals surface area contributed by atoms with E-state index in [0.717, 1.165) is 16.8 Å². The van der Waals surface area contributed by atoms with Gasteiger partial charge in [-0.15, -0.1) is 0 Å². The molecular formula is C25H26N6O2. The van der Waals surface area contributed by atoms with Crippen molar-refractivity contribution in [1.29, 1.82) is 0 Å². The van der Waals surface area contributed by atoms with E-state index in [1.807, 2.05) is 50.5 Å². The molecule has 0 saturated carbocycles. The van der Waals surface area contributed by atoms with Crippen molar-refractivity contribution >= 4 is 40.0 Å². The van der Waals surface area contributed by atoms with Crippen molar-refractivity contribution in [2.24, 2.45) is 0 Å². The minimum atomic E-state index is -0.387. The van der Waals surface area contributed by atoms with Crippen LogP contribution in [0.1, 0.15) is 46.9 Å². The number of anilines is 3. The molecule has 0 saturated heterocycles. The number of fused-ring (bicyclic) bond motifs is 1. The number of hydrogen-bond donors (Lipinski definition) is 3. The van der Waals surface area contributed by atoms with Gasteiger partial charge in [-0.25, -0.2) is 14.8 Å². The van der Waals surface area contributed by atoms with Crippen molar-refractivity contribution in [3.05, 3.63) is 77.2 Å². The SMILES string of the molecule is Cc1cccc(NC(=O)Nc2cccc(C(=O)c3cn(C(C)C)c4ncnc(N)c34)c2)c1C. The Labute approximate surface area is 191 Å². The van der Waals surface area contributed by atoms with E-state index in [9.17, 15) is 9.59 Å². The molecule has 8 nitrogen and oxygen atoms in total. The van der Waals surface area contributed by atoms with Crippen molar-refractivity contribution in [2.75, 3.05) is 16.4 Å². The van der Waals surface area contributed by atoms with Crippen LogP contribution in [-0.2, 0) is 0 Å². The number of nitrogens with two attached hydrogens (primary N) is 1. The fraction of sp³-hybridized carbons (Fsp3) is 0.200. The van der Waals surface area contributed by atoms with Gasteiger partial charge in [0.2, 0.25) is 0 Å².